The highest BCUT2D eigenvalue weighted by Gasteiger charge is 2.40. The van der Waals surface area contributed by atoms with Crippen LogP contribution in [0.15, 0.2) is 23.3 Å². The van der Waals surface area contributed by atoms with E-state index in [0.29, 0.717) is 41.2 Å². The molecule has 0 spiro atoms. The molecular weight excluding hydrogens is 359 g/mol. The molecule has 1 aromatic carbocycles. The molecule has 0 unspecified atom stereocenters. The number of hydrogen-bond donors (Lipinski definition) is 1. The molecule has 0 heterocycles. The largest absolute Gasteiger partial charge is 0.492 e. The van der Waals surface area contributed by atoms with Gasteiger partial charge < -0.3 is 4.74 Å². The summed E-state index contributed by atoms with van der Waals surface area (Å²) >= 11 is 11.9. The minimum atomic E-state index is -0.0756. The van der Waals surface area contributed by atoms with Crippen LogP contribution in [0.1, 0.15) is 45.4 Å². The molecule has 2 fully saturated rings. The number of carbonyl (C=O) groups excluding carboxylic acids is 1. The summed E-state index contributed by atoms with van der Waals surface area (Å²) < 4.78 is 5.58. The first-order valence-electron chi connectivity index (χ1n) is 8.94. The van der Waals surface area contributed by atoms with Crippen LogP contribution in [-0.2, 0) is 4.79 Å². The summed E-state index contributed by atoms with van der Waals surface area (Å²) in [6, 6.07) is 5.09. The Balaban J connectivity index is 1.36. The highest BCUT2D eigenvalue weighted by atomic mass is 35.5. The maximum absolute atomic E-state index is 11.9. The van der Waals surface area contributed by atoms with Crippen LogP contribution in [-0.4, -0.2) is 18.2 Å². The van der Waals surface area contributed by atoms with Gasteiger partial charge in [0.25, 0.3) is 0 Å². The molecular formula is C19H24Cl2N2O2. The van der Waals surface area contributed by atoms with Crippen molar-refractivity contribution in [1.29, 1.82) is 0 Å². The van der Waals surface area contributed by atoms with Gasteiger partial charge in [0.2, 0.25) is 5.91 Å². The highest BCUT2D eigenvalue weighted by Crippen LogP contribution is 2.48. The normalized spacial score (nSPS) is 25.2. The third kappa shape index (κ3) is 4.89. The first-order valence-corrected chi connectivity index (χ1v) is 9.69. The fourth-order valence-corrected chi connectivity index (χ4v) is 4.52. The topological polar surface area (TPSA) is 50.7 Å². The lowest BCUT2D eigenvalue weighted by Gasteiger charge is -2.21. The van der Waals surface area contributed by atoms with E-state index in [4.69, 9.17) is 27.9 Å². The van der Waals surface area contributed by atoms with Gasteiger partial charge in [-0.15, -0.1) is 0 Å². The number of hydrogen-bond acceptors (Lipinski definition) is 3. The van der Waals surface area contributed by atoms with Crippen molar-refractivity contribution >= 4 is 34.8 Å². The fraction of sp³-hybridized carbons (Fsp3) is 0.579. The van der Waals surface area contributed by atoms with E-state index in [0.717, 1.165) is 17.5 Å². The van der Waals surface area contributed by atoms with Crippen LogP contribution >= 0.6 is 23.2 Å². The van der Waals surface area contributed by atoms with Gasteiger partial charge in [-0.1, -0.05) is 29.6 Å². The van der Waals surface area contributed by atoms with E-state index in [1.807, 2.05) is 6.92 Å². The van der Waals surface area contributed by atoms with E-state index in [1.165, 1.54) is 25.7 Å². The Labute approximate surface area is 158 Å². The predicted molar refractivity (Wildman–Crippen MR) is 101 cm³/mol. The van der Waals surface area contributed by atoms with E-state index in [2.05, 4.69) is 10.5 Å². The number of hydrazone groups is 1. The second-order valence-electron chi connectivity index (χ2n) is 7.10. The minimum Gasteiger partial charge on any atom is -0.492 e. The fourth-order valence-electron chi connectivity index (χ4n) is 4.05. The molecule has 1 aromatic rings. The van der Waals surface area contributed by atoms with Crippen LogP contribution in [0.2, 0.25) is 10.0 Å². The molecule has 0 saturated heterocycles. The molecule has 2 aliphatic carbocycles. The Hall–Kier alpha value is -1.26. The second kappa shape index (κ2) is 8.41. The van der Waals surface area contributed by atoms with Crippen molar-refractivity contribution in [3.05, 3.63) is 28.2 Å². The van der Waals surface area contributed by atoms with Gasteiger partial charge >= 0.3 is 0 Å². The number of fused-ring (bicyclic) bond motifs is 2. The Morgan fingerprint density at radius 3 is 2.84 bits per heavy atom. The first kappa shape index (κ1) is 18.5. The van der Waals surface area contributed by atoms with Crippen molar-refractivity contribution in [2.75, 3.05) is 6.61 Å². The number of halogens is 2. The van der Waals surface area contributed by atoms with Crippen molar-refractivity contribution in [3.63, 3.8) is 0 Å². The predicted octanol–water partition coefficient (Wildman–Crippen LogP) is 5.08. The van der Waals surface area contributed by atoms with E-state index in [9.17, 15) is 4.79 Å². The molecule has 6 heteroatoms. The van der Waals surface area contributed by atoms with E-state index < -0.39 is 0 Å². The maximum atomic E-state index is 11.9. The monoisotopic (exact) mass is 382 g/mol. The Morgan fingerprint density at radius 1 is 1.32 bits per heavy atom. The molecule has 3 atom stereocenters. The summed E-state index contributed by atoms with van der Waals surface area (Å²) in [6.07, 6.45) is 6.26. The minimum absolute atomic E-state index is 0.0756. The number of nitrogens with zero attached hydrogens (tertiary/aromatic N) is 1. The number of rotatable bonds is 7. The average Bonchev–Trinajstić information content (AvgIpc) is 3.21. The van der Waals surface area contributed by atoms with Crippen LogP contribution < -0.4 is 10.2 Å². The lowest BCUT2D eigenvalue weighted by molar-refractivity contribution is -0.121. The van der Waals surface area contributed by atoms with Crippen LogP contribution in [0, 0.1) is 17.8 Å². The van der Waals surface area contributed by atoms with Gasteiger partial charge in [0.05, 0.1) is 11.6 Å². The lowest BCUT2D eigenvalue weighted by Crippen LogP contribution is -2.24. The molecule has 1 amide bonds. The molecule has 1 N–H and O–H groups in total. The van der Waals surface area contributed by atoms with Crippen LogP contribution in [0.4, 0.5) is 0 Å². The van der Waals surface area contributed by atoms with Crippen molar-refractivity contribution in [2.24, 2.45) is 22.9 Å². The van der Waals surface area contributed by atoms with E-state index in [1.54, 1.807) is 18.2 Å². The second-order valence-corrected chi connectivity index (χ2v) is 7.94. The summed E-state index contributed by atoms with van der Waals surface area (Å²) in [5, 5.41) is 5.37. The van der Waals surface area contributed by atoms with Gasteiger partial charge in [-0.3, -0.25) is 4.79 Å². The SMILES string of the molecule is C/C(=N/NC(=O)CCCOc1ccc(Cl)cc1Cl)[C@H]1C[C@H]2CC[C@H]1C2. The van der Waals surface area contributed by atoms with Crippen molar-refractivity contribution in [2.45, 2.75) is 45.4 Å². The van der Waals surface area contributed by atoms with Crippen LogP contribution in [0.5, 0.6) is 5.75 Å². The smallest absolute Gasteiger partial charge is 0.240 e. The summed E-state index contributed by atoms with van der Waals surface area (Å²) in [4.78, 5) is 11.9. The number of amides is 1. The summed E-state index contributed by atoms with van der Waals surface area (Å²) in [5.41, 5.74) is 3.76. The molecule has 0 aromatic heterocycles. The first-order chi connectivity index (χ1) is 12.0. The van der Waals surface area contributed by atoms with Gasteiger partial charge in [0.1, 0.15) is 5.75 Å². The summed E-state index contributed by atoms with van der Waals surface area (Å²) in [6.45, 7) is 2.46. The molecule has 4 nitrogen and oxygen atoms in total. The molecule has 2 aliphatic rings. The van der Waals surface area contributed by atoms with E-state index in [-0.39, 0.29) is 5.91 Å². The standard InChI is InChI=1S/C19H24Cl2N2O2/c1-12(16-10-13-4-5-14(16)9-13)22-23-19(24)3-2-8-25-18-7-6-15(20)11-17(18)21/h6-7,11,13-14,16H,2-5,8-10H2,1H3,(H,23,24)/b22-12-/t13-,14-,16+/m0/s1. The van der Waals surface area contributed by atoms with Gasteiger partial charge in [-0.25, -0.2) is 5.43 Å². The lowest BCUT2D eigenvalue weighted by atomic mass is 9.86. The number of carbonyl (C=O) groups is 1. The third-order valence-electron chi connectivity index (χ3n) is 5.33. The van der Waals surface area contributed by atoms with Gasteiger partial charge in [0, 0.05) is 23.1 Å². The zero-order valence-electron chi connectivity index (χ0n) is 14.4. The van der Waals surface area contributed by atoms with Crippen molar-refractivity contribution in [3.8, 4) is 5.75 Å². The molecule has 2 saturated carbocycles. The zero-order valence-corrected chi connectivity index (χ0v) is 15.9. The quantitative estimate of drug-likeness (QED) is 0.406. The number of ether oxygens (including phenoxy) is 1. The Morgan fingerprint density at radius 2 is 2.16 bits per heavy atom. The molecule has 0 radical (unpaired) electrons. The Bertz CT molecular complexity index is 663. The summed E-state index contributed by atoms with van der Waals surface area (Å²) in [7, 11) is 0. The average molecular weight is 383 g/mol. The van der Waals surface area contributed by atoms with E-state index >= 15 is 0 Å². The summed E-state index contributed by atoms with van der Waals surface area (Å²) in [5.74, 6) is 2.73. The molecule has 136 valence electrons. The van der Waals surface area contributed by atoms with Gasteiger partial charge in [-0.05, 0) is 62.6 Å². The third-order valence-corrected chi connectivity index (χ3v) is 5.86. The maximum Gasteiger partial charge on any atom is 0.240 e. The van der Waals surface area contributed by atoms with Gasteiger partial charge in [-0.2, -0.15) is 5.10 Å². The van der Waals surface area contributed by atoms with Crippen molar-refractivity contribution < 1.29 is 9.53 Å². The molecule has 3 rings (SSSR count). The molecule has 0 aliphatic heterocycles. The molecule has 25 heavy (non-hydrogen) atoms. The van der Waals surface area contributed by atoms with Crippen LogP contribution in [0.25, 0.3) is 0 Å². The Kier molecular flexibility index (Phi) is 6.24. The van der Waals surface area contributed by atoms with Crippen LogP contribution in [0.3, 0.4) is 0 Å². The van der Waals surface area contributed by atoms with Crippen molar-refractivity contribution in [1.82, 2.24) is 5.43 Å². The highest BCUT2D eigenvalue weighted by molar-refractivity contribution is 6.35. The number of nitrogens with one attached hydrogen (secondary N) is 1. The molecule has 2 bridgehead atoms. The van der Waals surface area contributed by atoms with Gasteiger partial charge in [0.15, 0.2) is 0 Å². The zero-order chi connectivity index (χ0) is 17.8. The number of benzene rings is 1.